The second kappa shape index (κ2) is 8.77. The van der Waals surface area contributed by atoms with Crippen LogP contribution in [0.2, 0.25) is 0 Å². The third-order valence-electron chi connectivity index (χ3n) is 5.12. The molecule has 4 rings (SSSR count). The minimum absolute atomic E-state index is 0.000691. The van der Waals surface area contributed by atoms with Gasteiger partial charge in [0.05, 0.1) is 35.4 Å². The molecular formula is C23H22F3N5. The van der Waals surface area contributed by atoms with Crippen LogP contribution >= 0.6 is 0 Å². The zero-order valence-corrected chi connectivity index (χ0v) is 16.8. The van der Waals surface area contributed by atoms with Crippen LogP contribution in [0.4, 0.5) is 24.5 Å². The number of rotatable bonds is 5. The molecule has 0 bridgehead atoms. The third kappa shape index (κ3) is 4.54. The molecule has 1 aromatic carbocycles. The Hall–Kier alpha value is -3.39. The molecule has 0 spiro atoms. The van der Waals surface area contributed by atoms with E-state index in [1.807, 2.05) is 6.07 Å². The highest BCUT2D eigenvalue weighted by Gasteiger charge is 2.22. The van der Waals surface area contributed by atoms with Gasteiger partial charge in [0.1, 0.15) is 23.1 Å². The first kappa shape index (κ1) is 20.9. The Morgan fingerprint density at radius 2 is 1.87 bits per heavy atom. The zero-order chi connectivity index (χ0) is 22.0. The molecule has 0 saturated carbocycles. The predicted octanol–water partition coefficient (Wildman–Crippen LogP) is 4.27. The lowest BCUT2D eigenvalue weighted by molar-refractivity contribution is 0.578. The van der Waals surface area contributed by atoms with Crippen LogP contribution in [-0.2, 0) is 6.54 Å². The van der Waals surface area contributed by atoms with Crippen molar-refractivity contribution >= 4 is 11.4 Å². The molecule has 0 radical (unpaired) electrons. The van der Waals surface area contributed by atoms with Gasteiger partial charge in [-0.05, 0) is 36.8 Å². The lowest BCUT2D eigenvalue weighted by atomic mass is 10.0. The van der Waals surface area contributed by atoms with E-state index in [0.717, 1.165) is 41.6 Å². The van der Waals surface area contributed by atoms with Crippen molar-refractivity contribution in [3.8, 4) is 11.3 Å². The van der Waals surface area contributed by atoms with Crippen molar-refractivity contribution < 1.29 is 13.2 Å². The molecule has 31 heavy (non-hydrogen) atoms. The first-order valence-electron chi connectivity index (χ1n) is 9.87. The molecule has 1 saturated heterocycles. The van der Waals surface area contributed by atoms with Crippen LogP contribution in [0.1, 0.15) is 12.1 Å². The lowest BCUT2D eigenvalue weighted by Gasteiger charge is -2.35. The molecule has 3 heterocycles. The first-order valence-corrected chi connectivity index (χ1v) is 9.87. The maximum absolute atomic E-state index is 14.3. The summed E-state index contributed by atoms with van der Waals surface area (Å²) in [6.45, 7) is 5.65. The number of halogens is 3. The van der Waals surface area contributed by atoms with Crippen molar-refractivity contribution in [2.75, 3.05) is 23.3 Å². The summed E-state index contributed by atoms with van der Waals surface area (Å²) >= 11 is 0. The number of nitrogens with zero attached hydrogens (tertiary/aromatic N) is 3. The van der Waals surface area contributed by atoms with Crippen LogP contribution < -0.4 is 16.0 Å². The van der Waals surface area contributed by atoms with Gasteiger partial charge in [0.2, 0.25) is 0 Å². The second-order valence-electron chi connectivity index (χ2n) is 7.57. The molecule has 1 atom stereocenters. The van der Waals surface area contributed by atoms with E-state index in [4.69, 9.17) is 5.73 Å². The number of hydrogen-bond donors (Lipinski definition) is 2. The van der Waals surface area contributed by atoms with Gasteiger partial charge in [-0.3, -0.25) is 4.98 Å². The number of piperidine rings is 1. The van der Waals surface area contributed by atoms with Gasteiger partial charge < -0.3 is 16.0 Å². The minimum Gasteiger partial charge on any atom is -0.376 e. The Labute approximate surface area is 178 Å². The molecule has 0 unspecified atom stereocenters. The van der Waals surface area contributed by atoms with Gasteiger partial charge in [-0.1, -0.05) is 18.2 Å². The summed E-state index contributed by atoms with van der Waals surface area (Å²) in [6, 6.07) is 7.88. The van der Waals surface area contributed by atoms with E-state index in [2.05, 4.69) is 26.8 Å². The number of pyridine rings is 2. The van der Waals surface area contributed by atoms with Crippen molar-refractivity contribution in [2.24, 2.45) is 5.73 Å². The minimum atomic E-state index is -0.868. The van der Waals surface area contributed by atoms with Gasteiger partial charge in [-0.2, -0.15) is 0 Å². The standard InChI is InChI=1S/C23H22F3N5/c1-14-9-15(27)13-31(12-14)21-7-8-28-11-20(21)29-10-16-5-6-19(26)23(30-16)22-17(24)3-2-4-18(22)25/h2-8,11,15,29H,1,9-10,12-13,27H2/t15-/m0/s1. The molecule has 0 aliphatic carbocycles. The van der Waals surface area contributed by atoms with Gasteiger partial charge in [-0.25, -0.2) is 18.2 Å². The Morgan fingerprint density at radius 1 is 1.10 bits per heavy atom. The second-order valence-corrected chi connectivity index (χ2v) is 7.57. The summed E-state index contributed by atoms with van der Waals surface area (Å²) in [4.78, 5) is 10.5. The Morgan fingerprint density at radius 3 is 2.61 bits per heavy atom. The van der Waals surface area contributed by atoms with Crippen LogP contribution in [0.15, 0.2) is 60.9 Å². The number of anilines is 2. The van der Waals surface area contributed by atoms with Gasteiger partial charge >= 0.3 is 0 Å². The summed E-state index contributed by atoms with van der Waals surface area (Å²) in [5.41, 5.74) is 8.42. The SMILES string of the molecule is C=C1C[C@H](N)CN(c2ccncc2NCc2ccc(F)c(-c3c(F)cccc3F)n2)C1. The van der Waals surface area contributed by atoms with E-state index in [0.29, 0.717) is 18.8 Å². The Bertz CT molecular complexity index is 1100. The molecule has 160 valence electrons. The summed E-state index contributed by atoms with van der Waals surface area (Å²) in [7, 11) is 0. The molecule has 1 fully saturated rings. The van der Waals surface area contributed by atoms with Gasteiger partial charge in [0.15, 0.2) is 0 Å². The number of nitrogens with two attached hydrogens (primary N) is 1. The quantitative estimate of drug-likeness (QED) is 0.598. The topological polar surface area (TPSA) is 67.1 Å². The molecular weight excluding hydrogens is 403 g/mol. The van der Waals surface area contributed by atoms with E-state index in [9.17, 15) is 13.2 Å². The van der Waals surface area contributed by atoms with Crippen molar-refractivity contribution in [2.45, 2.75) is 19.0 Å². The molecule has 1 aliphatic rings. The van der Waals surface area contributed by atoms with Crippen molar-refractivity contribution in [3.63, 3.8) is 0 Å². The molecule has 5 nitrogen and oxygen atoms in total. The molecule has 1 aliphatic heterocycles. The fraction of sp³-hybridized carbons (Fsp3) is 0.217. The van der Waals surface area contributed by atoms with E-state index in [1.165, 1.54) is 12.1 Å². The van der Waals surface area contributed by atoms with E-state index in [1.54, 1.807) is 12.4 Å². The van der Waals surface area contributed by atoms with E-state index in [-0.39, 0.29) is 18.3 Å². The lowest BCUT2D eigenvalue weighted by Crippen LogP contribution is -2.44. The maximum atomic E-state index is 14.3. The van der Waals surface area contributed by atoms with Gasteiger partial charge in [0.25, 0.3) is 0 Å². The summed E-state index contributed by atoms with van der Waals surface area (Å²) in [5, 5.41) is 3.24. The highest BCUT2D eigenvalue weighted by atomic mass is 19.1. The average Bonchev–Trinajstić information content (AvgIpc) is 2.73. The highest BCUT2D eigenvalue weighted by molar-refractivity contribution is 5.69. The van der Waals surface area contributed by atoms with E-state index < -0.39 is 23.0 Å². The van der Waals surface area contributed by atoms with Crippen LogP contribution in [0.25, 0.3) is 11.3 Å². The number of aromatic nitrogens is 2. The van der Waals surface area contributed by atoms with E-state index >= 15 is 0 Å². The number of nitrogens with one attached hydrogen (secondary N) is 1. The molecule has 2 aromatic heterocycles. The smallest absolute Gasteiger partial charge is 0.149 e. The maximum Gasteiger partial charge on any atom is 0.149 e. The normalized spacial score (nSPS) is 16.5. The number of benzene rings is 1. The Kier molecular flexibility index (Phi) is 5.90. The summed E-state index contributed by atoms with van der Waals surface area (Å²) in [6.07, 6.45) is 4.16. The largest absolute Gasteiger partial charge is 0.376 e. The molecule has 0 amide bonds. The molecule has 3 N–H and O–H groups in total. The van der Waals surface area contributed by atoms with Crippen LogP contribution in [0, 0.1) is 17.5 Å². The fourth-order valence-corrected chi connectivity index (χ4v) is 3.77. The van der Waals surface area contributed by atoms with Crippen LogP contribution in [-0.4, -0.2) is 29.1 Å². The molecule has 3 aromatic rings. The predicted molar refractivity (Wildman–Crippen MR) is 115 cm³/mol. The summed E-state index contributed by atoms with van der Waals surface area (Å²) < 4.78 is 42.6. The fourth-order valence-electron chi connectivity index (χ4n) is 3.77. The van der Waals surface area contributed by atoms with Gasteiger partial charge in [0, 0.05) is 25.3 Å². The van der Waals surface area contributed by atoms with Crippen LogP contribution in [0.3, 0.4) is 0 Å². The zero-order valence-electron chi connectivity index (χ0n) is 16.8. The summed E-state index contributed by atoms with van der Waals surface area (Å²) in [5.74, 6) is -2.53. The van der Waals surface area contributed by atoms with Crippen LogP contribution in [0.5, 0.6) is 0 Å². The monoisotopic (exact) mass is 425 g/mol. The molecule has 8 heteroatoms. The van der Waals surface area contributed by atoms with Gasteiger partial charge in [-0.15, -0.1) is 0 Å². The first-order chi connectivity index (χ1) is 14.9. The Balaban J connectivity index is 1.58. The number of hydrogen-bond acceptors (Lipinski definition) is 5. The average molecular weight is 425 g/mol. The highest BCUT2D eigenvalue weighted by Crippen LogP contribution is 2.30. The van der Waals surface area contributed by atoms with Crippen molar-refractivity contribution in [1.29, 1.82) is 0 Å². The van der Waals surface area contributed by atoms with Crippen molar-refractivity contribution in [3.05, 3.63) is 84.1 Å². The van der Waals surface area contributed by atoms with Crippen molar-refractivity contribution in [1.82, 2.24) is 9.97 Å². The third-order valence-corrected chi connectivity index (χ3v) is 5.12.